The van der Waals surface area contributed by atoms with Gasteiger partial charge in [-0.15, -0.1) is 23.5 Å². The van der Waals surface area contributed by atoms with Gasteiger partial charge in [0.1, 0.15) is 0 Å². The first kappa shape index (κ1) is 15.3. The molecule has 0 bridgehead atoms. The van der Waals surface area contributed by atoms with Crippen molar-refractivity contribution in [3.63, 3.8) is 0 Å². The van der Waals surface area contributed by atoms with Gasteiger partial charge in [0.25, 0.3) is 0 Å². The summed E-state index contributed by atoms with van der Waals surface area (Å²) in [5.41, 5.74) is 0.274. The van der Waals surface area contributed by atoms with E-state index in [9.17, 15) is 9.90 Å². The van der Waals surface area contributed by atoms with Crippen molar-refractivity contribution >= 4 is 45.4 Å². The van der Waals surface area contributed by atoms with Gasteiger partial charge in [-0.05, 0) is 59.0 Å². The van der Waals surface area contributed by atoms with Crippen molar-refractivity contribution in [1.29, 1.82) is 0 Å². The molecule has 19 heavy (non-hydrogen) atoms. The van der Waals surface area contributed by atoms with E-state index in [0.29, 0.717) is 0 Å². The van der Waals surface area contributed by atoms with Gasteiger partial charge in [0, 0.05) is 14.3 Å². The van der Waals surface area contributed by atoms with Gasteiger partial charge in [0.15, 0.2) is 0 Å². The molecule has 0 amide bonds. The van der Waals surface area contributed by atoms with Crippen LogP contribution in [0.2, 0.25) is 0 Å². The van der Waals surface area contributed by atoms with Crippen LogP contribution in [0, 0.1) is 0 Å². The van der Waals surface area contributed by atoms with Crippen LogP contribution < -0.4 is 0 Å². The number of aliphatic carboxylic acids is 1. The molecule has 104 valence electrons. The van der Waals surface area contributed by atoms with E-state index in [-0.39, 0.29) is 0 Å². The average Bonchev–Trinajstić information content (AvgIpc) is 2.88. The van der Waals surface area contributed by atoms with Crippen LogP contribution in [0.1, 0.15) is 31.2 Å². The van der Waals surface area contributed by atoms with E-state index in [4.69, 9.17) is 0 Å². The lowest BCUT2D eigenvalue weighted by Crippen LogP contribution is -2.32. The van der Waals surface area contributed by atoms with E-state index in [1.54, 1.807) is 23.5 Å². The smallest absolute Gasteiger partial charge is 0.314 e. The van der Waals surface area contributed by atoms with Gasteiger partial charge in [-0.1, -0.05) is 12.8 Å². The zero-order chi connectivity index (χ0) is 14.0. The lowest BCUT2D eigenvalue weighted by molar-refractivity contribution is -0.143. The van der Waals surface area contributed by atoms with Crippen molar-refractivity contribution in [3.8, 4) is 0 Å². The second-order valence-corrected chi connectivity index (χ2v) is 7.31. The molecule has 1 saturated carbocycles. The van der Waals surface area contributed by atoms with Crippen LogP contribution in [0.25, 0.3) is 0 Å². The summed E-state index contributed by atoms with van der Waals surface area (Å²) in [6.45, 7) is 0. The monoisotopic (exact) mass is 360 g/mol. The predicted molar refractivity (Wildman–Crippen MR) is 85.5 cm³/mol. The number of hydrogen-bond acceptors (Lipinski definition) is 3. The van der Waals surface area contributed by atoms with Gasteiger partial charge in [0.2, 0.25) is 0 Å². The summed E-state index contributed by atoms with van der Waals surface area (Å²) in [6.07, 6.45) is 7.59. The fourth-order valence-electron chi connectivity index (χ4n) is 2.80. The summed E-state index contributed by atoms with van der Waals surface area (Å²) in [4.78, 5) is 14.1. The summed E-state index contributed by atoms with van der Waals surface area (Å²) in [6, 6.07) is 4.08. The van der Waals surface area contributed by atoms with Gasteiger partial charge in [0.05, 0.1) is 5.41 Å². The summed E-state index contributed by atoms with van der Waals surface area (Å²) < 4.78 is 1.01. The molecule has 1 aromatic carbocycles. The van der Waals surface area contributed by atoms with Crippen molar-refractivity contribution < 1.29 is 9.90 Å². The van der Waals surface area contributed by atoms with Crippen LogP contribution >= 0.6 is 39.5 Å². The minimum Gasteiger partial charge on any atom is -0.481 e. The van der Waals surface area contributed by atoms with Gasteiger partial charge >= 0.3 is 5.97 Å². The zero-order valence-corrected chi connectivity index (χ0v) is 14.3. The number of carbonyl (C=O) groups is 1. The van der Waals surface area contributed by atoms with E-state index in [1.807, 2.05) is 18.6 Å². The van der Waals surface area contributed by atoms with Gasteiger partial charge in [-0.2, -0.15) is 0 Å². The number of halogens is 1. The van der Waals surface area contributed by atoms with Crippen molar-refractivity contribution in [2.24, 2.45) is 0 Å². The van der Waals surface area contributed by atoms with Crippen molar-refractivity contribution in [2.45, 2.75) is 40.9 Å². The van der Waals surface area contributed by atoms with E-state index < -0.39 is 11.4 Å². The summed E-state index contributed by atoms with van der Waals surface area (Å²) in [7, 11) is 0. The van der Waals surface area contributed by atoms with Crippen LogP contribution in [0.15, 0.2) is 26.4 Å². The Morgan fingerprint density at radius 2 is 1.89 bits per heavy atom. The van der Waals surface area contributed by atoms with Crippen LogP contribution in [0.3, 0.4) is 0 Å². The maximum Gasteiger partial charge on any atom is 0.314 e. The maximum atomic E-state index is 11.8. The van der Waals surface area contributed by atoms with Crippen LogP contribution in [-0.4, -0.2) is 23.6 Å². The Labute approximate surface area is 130 Å². The van der Waals surface area contributed by atoms with Crippen molar-refractivity contribution in [2.75, 3.05) is 12.5 Å². The second kappa shape index (κ2) is 6.10. The van der Waals surface area contributed by atoms with Crippen molar-refractivity contribution in [1.82, 2.24) is 0 Å². The third-order valence-electron chi connectivity index (χ3n) is 3.85. The lowest BCUT2D eigenvalue weighted by Gasteiger charge is -2.26. The molecule has 0 atom stereocenters. The standard InChI is InChI=1S/C14H17BrO2S2/c1-18-11-8-9(7-10(15)12(11)19-2)14(13(16)17)5-3-4-6-14/h7-8H,3-6H2,1-2H3,(H,16,17). The van der Waals surface area contributed by atoms with Gasteiger partial charge in [-0.3, -0.25) is 4.79 Å². The SMILES string of the molecule is CSc1cc(C2(C(=O)O)CCCC2)cc(Br)c1SC. The first-order chi connectivity index (χ1) is 9.05. The molecule has 0 aliphatic heterocycles. The lowest BCUT2D eigenvalue weighted by atomic mass is 9.79. The molecule has 0 aromatic heterocycles. The molecule has 0 heterocycles. The molecule has 5 heteroatoms. The van der Waals surface area contributed by atoms with E-state index in [2.05, 4.69) is 22.0 Å². The van der Waals surface area contributed by atoms with Crippen LogP contribution in [-0.2, 0) is 10.2 Å². The topological polar surface area (TPSA) is 37.3 Å². The number of benzene rings is 1. The molecule has 2 nitrogen and oxygen atoms in total. The molecule has 1 aliphatic carbocycles. The van der Waals surface area contributed by atoms with Crippen LogP contribution in [0.4, 0.5) is 0 Å². The number of carboxylic acids is 1. The highest BCUT2D eigenvalue weighted by atomic mass is 79.9. The molecule has 0 saturated heterocycles. The average molecular weight is 361 g/mol. The Kier molecular flexibility index (Phi) is 4.90. The second-order valence-electron chi connectivity index (χ2n) is 4.79. The molecule has 1 N–H and O–H groups in total. The molecule has 0 unspecified atom stereocenters. The Hall–Kier alpha value is -0.130. The van der Waals surface area contributed by atoms with Crippen molar-refractivity contribution in [3.05, 3.63) is 22.2 Å². The maximum absolute atomic E-state index is 11.8. The minimum absolute atomic E-state index is 0.677. The molecule has 1 aromatic rings. The Morgan fingerprint density at radius 3 is 2.37 bits per heavy atom. The highest BCUT2D eigenvalue weighted by Crippen LogP contribution is 2.45. The summed E-state index contributed by atoms with van der Waals surface area (Å²) in [5, 5.41) is 9.67. The highest BCUT2D eigenvalue weighted by molar-refractivity contribution is 9.10. The summed E-state index contributed by atoms with van der Waals surface area (Å²) in [5.74, 6) is -0.680. The van der Waals surface area contributed by atoms with E-state index in [0.717, 1.165) is 40.6 Å². The molecular formula is C14H17BrO2S2. The molecule has 1 aliphatic rings. The fraction of sp³-hybridized carbons (Fsp3) is 0.500. The van der Waals surface area contributed by atoms with E-state index >= 15 is 0 Å². The molecule has 1 fully saturated rings. The minimum atomic E-state index is -0.680. The Morgan fingerprint density at radius 1 is 1.26 bits per heavy atom. The Balaban J connectivity index is 2.56. The van der Waals surface area contributed by atoms with Crippen LogP contribution in [0.5, 0.6) is 0 Å². The first-order valence-corrected chi connectivity index (χ1v) is 9.45. The predicted octanol–water partition coefficient (Wildman–Crippen LogP) is 4.79. The quantitative estimate of drug-likeness (QED) is 0.783. The molecule has 0 spiro atoms. The first-order valence-electron chi connectivity index (χ1n) is 6.20. The number of carboxylic acid groups (broad SMARTS) is 1. The summed E-state index contributed by atoms with van der Waals surface area (Å²) >= 11 is 6.96. The highest BCUT2D eigenvalue weighted by Gasteiger charge is 2.43. The number of rotatable bonds is 4. The molecule has 0 radical (unpaired) electrons. The Bertz CT molecular complexity index is 496. The van der Waals surface area contributed by atoms with Gasteiger partial charge < -0.3 is 5.11 Å². The van der Waals surface area contributed by atoms with Gasteiger partial charge in [-0.25, -0.2) is 0 Å². The normalized spacial score (nSPS) is 17.6. The third-order valence-corrected chi connectivity index (χ3v) is 6.48. The number of hydrogen-bond donors (Lipinski definition) is 1. The zero-order valence-electron chi connectivity index (χ0n) is 11.0. The third kappa shape index (κ3) is 2.69. The molecule has 2 rings (SSSR count). The molecular weight excluding hydrogens is 344 g/mol. The fourth-order valence-corrected chi connectivity index (χ4v) is 5.43. The largest absolute Gasteiger partial charge is 0.481 e. The van der Waals surface area contributed by atoms with E-state index in [1.165, 1.54) is 4.90 Å². The number of thioether (sulfide) groups is 2.